The molecule has 0 aliphatic carbocycles. The first kappa shape index (κ1) is 13.8. The van der Waals surface area contributed by atoms with Crippen molar-refractivity contribution in [3.8, 4) is 0 Å². The van der Waals surface area contributed by atoms with Gasteiger partial charge in [-0.25, -0.2) is 9.79 Å². The third-order valence-electron chi connectivity index (χ3n) is 1.97. The maximum absolute atomic E-state index is 10.3. The summed E-state index contributed by atoms with van der Waals surface area (Å²) >= 11 is 0. The van der Waals surface area contributed by atoms with Gasteiger partial charge in [0.25, 0.3) is 0 Å². The maximum Gasteiger partial charge on any atom is 0.235 e. The Morgan fingerprint density at radius 2 is 1.79 bits per heavy atom. The van der Waals surface area contributed by atoms with Crippen LogP contribution in [0.25, 0.3) is 0 Å². The van der Waals surface area contributed by atoms with Gasteiger partial charge >= 0.3 is 0 Å². The summed E-state index contributed by atoms with van der Waals surface area (Å²) < 4.78 is 6.14. The minimum absolute atomic E-state index is 0.0479. The summed E-state index contributed by atoms with van der Waals surface area (Å²) in [6.07, 6.45) is 2.52. The first-order valence-electron chi connectivity index (χ1n) is 5.00. The SMILES string of the molecule is CCC(N=C=O)[Si](C)(C)O[Si](C)(C)C. The van der Waals surface area contributed by atoms with E-state index in [0.29, 0.717) is 0 Å². The second kappa shape index (κ2) is 5.02. The van der Waals surface area contributed by atoms with E-state index >= 15 is 0 Å². The van der Waals surface area contributed by atoms with Gasteiger partial charge in [0.05, 0.1) is 5.67 Å². The molecule has 0 rings (SSSR count). The highest BCUT2D eigenvalue weighted by atomic mass is 28.4. The molecule has 1 unspecified atom stereocenters. The number of isocyanates is 1. The molecule has 0 saturated carbocycles. The number of rotatable bonds is 5. The zero-order chi connectivity index (χ0) is 11.4. The van der Waals surface area contributed by atoms with Crippen LogP contribution in [0.5, 0.6) is 0 Å². The minimum Gasteiger partial charge on any atom is -0.454 e. The second-order valence-corrected chi connectivity index (χ2v) is 13.9. The fraction of sp³-hybridized carbons (Fsp3) is 0.889. The van der Waals surface area contributed by atoms with Crippen molar-refractivity contribution in [2.75, 3.05) is 0 Å². The van der Waals surface area contributed by atoms with Gasteiger partial charge in [-0.05, 0) is 39.2 Å². The summed E-state index contributed by atoms with van der Waals surface area (Å²) in [6.45, 7) is 12.8. The Kier molecular flexibility index (Phi) is 4.94. The predicted molar refractivity (Wildman–Crippen MR) is 64.1 cm³/mol. The molecule has 3 nitrogen and oxygen atoms in total. The molecule has 14 heavy (non-hydrogen) atoms. The van der Waals surface area contributed by atoms with Crippen molar-refractivity contribution in [1.29, 1.82) is 0 Å². The molecule has 0 amide bonds. The summed E-state index contributed by atoms with van der Waals surface area (Å²) in [5.74, 6) is 0. The van der Waals surface area contributed by atoms with Crippen molar-refractivity contribution >= 4 is 22.7 Å². The van der Waals surface area contributed by atoms with Crippen molar-refractivity contribution in [2.24, 2.45) is 4.99 Å². The van der Waals surface area contributed by atoms with Crippen LogP contribution in [0, 0.1) is 0 Å². The molecule has 0 N–H and O–H groups in total. The Labute approximate surface area is 88.8 Å². The van der Waals surface area contributed by atoms with Gasteiger partial charge in [0, 0.05) is 0 Å². The summed E-state index contributed by atoms with van der Waals surface area (Å²) in [5.41, 5.74) is 0.0479. The van der Waals surface area contributed by atoms with Gasteiger partial charge in [0.1, 0.15) is 0 Å². The van der Waals surface area contributed by atoms with Crippen LogP contribution in [0.2, 0.25) is 32.7 Å². The number of carbonyl (C=O) groups excluding carboxylic acids is 1. The third kappa shape index (κ3) is 4.86. The van der Waals surface area contributed by atoms with Crippen LogP contribution in [0.1, 0.15) is 13.3 Å². The van der Waals surface area contributed by atoms with Crippen molar-refractivity contribution in [2.45, 2.75) is 51.7 Å². The molecule has 1 atom stereocenters. The molecule has 0 aromatic heterocycles. The van der Waals surface area contributed by atoms with E-state index in [0.717, 1.165) is 6.42 Å². The van der Waals surface area contributed by atoms with E-state index < -0.39 is 16.6 Å². The van der Waals surface area contributed by atoms with Crippen molar-refractivity contribution < 1.29 is 8.91 Å². The lowest BCUT2D eigenvalue weighted by atomic mass is 10.5. The third-order valence-corrected chi connectivity index (χ3v) is 8.66. The highest BCUT2D eigenvalue weighted by Crippen LogP contribution is 2.21. The molecule has 0 spiro atoms. The molecule has 0 saturated heterocycles. The summed E-state index contributed by atoms with van der Waals surface area (Å²) in [4.78, 5) is 14.1. The topological polar surface area (TPSA) is 38.7 Å². The average Bonchev–Trinajstić information content (AvgIpc) is 1.94. The van der Waals surface area contributed by atoms with E-state index in [9.17, 15) is 4.79 Å². The molecule has 0 aromatic rings. The Morgan fingerprint density at radius 3 is 2.07 bits per heavy atom. The van der Waals surface area contributed by atoms with E-state index in [1.807, 2.05) is 6.92 Å². The Morgan fingerprint density at radius 1 is 1.29 bits per heavy atom. The lowest BCUT2D eigenvalue weighted by Crippen LogP contribution is -2.50. The largest absolute Gasteiger partial charge is 0.454 e. The molecule has 0 fully saturated rings. The lowest BCUT2D eigenvalue weighted by Gasteiger charge is -2.34. The van der Waals surface area contributed by atoms with E-state index in [1.54, 1.807) is 6.08 Å². The van der Waals surface area contributed by atoms with E-state index in [2.05, 4.69) is 37.7 Å². The van der Waals surface area contributed by atoms with Gasteiger partial charge in [-0.3, -0.25) is 0 Å². The fourth-order valence-electron chi connectivity index (χ4n) is 1.66. The summed E-state index contributed by atoms with van der Waals surface area (Å²) in [5, 5.41) is 0. The first-order valence-corrected chi connectivity index (χ1v) is 11.4. The molecule has 0 aromatic carbocycles. The molecule has 0 bridgehead atoms. The van der Waals surface area contributed by atoms with Gasteiger partial charge in [-0.1, -0.05) is 6.92 Å². The maximum atomic E-state index is 10.3. The highest BCUT2D eigenvalue weighted by molar-refractivity contribution is 6.85. The zero-order valence-electron chi connectivity index (χ0n) is 10.0. The van der Waals surface area contributed by atoms with Gasteiger partial charge in [-0.2, -0.15) is 0 Å². The van der Waals surface area contributed by atoms with Crippen molar-refractivity contribution in [3.05, 3.63) is 0 Å². The molecule has 0 heterocycles. The molecule has 0 aliphatic rings. The van der Waals surface area contributed by atoms with E-state index in [-0.39, 0.29) is 5.67 Å². The smallest absolute Gasteiger partial charge is 0.235 e. The van der Waals surface area contributed by atoms with Crippen LogP contribution < -0.4 is 0 Å². The standard InChI is InChI=1S/C9H21NO2Si2/c1-7-9(10-8-11)14(5,6)12-13(2,3)4/h9H,7H2,1-6H3. The van der Waals surface area contributed by atoms with Crippen molar-refractivity contribution in [3.63, 3.8) is 0 Å². The van der Waals surface area contributed by atoms with E-state index in [1.165, 1.54) is 0 Å². The van der Waals surface area contributed by atoms with Crippen molar-refractivity contribution in [1.82, 2.24) is 0 Å². The molecular formula is C9H21NO2Si2. The normalized spacial score (nSPS) is 14.7. The molecule has 0 radical (unpaired) electrons. The molecular weight excluding hydrogens is 210 g/mol. The number of hydrogen-bond acceptors (Lipinski definition) is 3. The van der Waals surface area contributed by atoms with Crippen LogP contribution in [-0.2, 0) is 8.91 Å². The van der Waals surface area contributed by atoms with Gasteiger partial charge in [0.2, 0.25) is 6.08 Å². The monoisotopic (exact) mass is 231 g/mol. The molecule has 0 aliphatic heterocycles. The summed E-state index contributed by atoms with van der Waals surface area (Å²) in [6, 6.07) is 0. The van der Waals surface area contributed by atoms with Crippen LogP contribution >= 0.6 is 0 Å². The number of aliphatic imine (C=N–C) groups is 1. The zero-order valence-corrected chi connectivity index (χ0v) is 12.0. The quantitative estimate of drug-likeness (QED) is 0.414. The number of hydrogen-bond donors (Lipinski definition) is 0. The van der Waals surface area contributed by atoms with Crippen LogP contribution in [0.4, 0.5) is 0 Å². The average molecular weight is 231 g/mol. The molecule has 82 valence electrons. The van der Waals surface area contributed by atoms with Gasteiger partial charge < -0.3 is 4.12 Å². The van der Waals surface area contributed by atoms with Gasteiger partial charge in [0.15, 0.2) is 16.6 Å². The summed E-state index contributed by atoms with van der Waals surface area (Å²) in [7, 11) is -3.39. The lowest BCUT2D eigenvalue weighted by molar-refractivity contribution is 0.517. The Bertz CT molecular complexity index is 229. The second-order valence-electron chi connectivity index (χ2n) is 4.96. The predicted octanol–water partition coefficient (Wildman–Crippen LogP) is 2.70. The van der Waals surface area contributed by atoms with Gasteiger partial charge in [-0.15, -0.1) is 0 Å². The first-order chi connectivity index (χ1) is 6.23. The number of nitrogens with zero attached hydrogens (tertiary/aromatic N) is 1. The Balaban J connectivity index is 4.64. The Hall–Kier alpha value is -0.226. The molecule has 5 heteroatoms. The highest BCUT2D eigenvalue weighted by Gasteiger charge is 2.36. The fourth-order valence-corrected chi connectivity index (χ4v) is 9.86. The van der Waals surface area contributed by atoms with Crippen LogP contribution in [0.3, 0.4) is 0 Å². The van der Waals surface area contributed by atoms with E-state index in [4.69, 9.17) is 4.12 Å². The van der Waals surface area contributed by atoms with Crippen LogP contribution in [0.15, 0.2) is 4.99 Å². The minimum atomic E-state index is -1.86. The van der Waals surface area contributed by atoms with Crippen LogP contribution in [-0.4, -0.2) is 28.4 Å².